The molecule has 0 radical (unpaired) electrons. The number of nitrogens with zero attached hydrogens (tertiary/aromatic N) is 3. The van der Waals surface area contributed by atoms with Crippen molar-refractivity contribution in [3.63, 3.8) is 0 Å². The van der Waals surface area contributed by atoms with Gasteiger partial charge in [0.05, 0.1) is 15.8 Å². The van der Waals surface area contributed by atoms with Crippen LogP contribution < -0.4 is 10.2 Å². The van der Waals surface area contributed by atoms with Crippen LogP contribution in [0.5, 0.6) is 0 Å². The number of aryl methyl sites for hydroxylation is 2. The lowest BCUT2D eigenvalue weighted by atomic mass is 10.1. The smallest absolute Gasteiger partial charge is 0.252 e. The highest BCUT2D eigenvalue weighted by Gasteiger charge is 2.20. The lowest BCUT2D eigenvalue weighted by molar-refractivity contribution is 0.0947. The normalized spacial score (nSPS) is 14.6. The van der Waals surface area contributed by atoms with E-state index in [-0.39, 0.29) is 18.3 Å². The maximum Gasteiger partial charge on any atom is 0.252 e. The number of thiazole rings is 1. The number of fused-ring (bicyclic) bond motifs is 1. The van der Waals surface area contributed by atoms with Crippen LogP contribution in [0.15, 0.2) is 36.4 Å². The Balaban J connectivity index is 0.00000256. The van der Waals surface area contributed by atoms with E-state index in [4.69, 9.17) is 4.98 Å². The standard InChI is InChI=1S/C22H25IN4OS.ClH/c1-15-13-16(2)20-19(14-15)25-22(29-20)27-11-9-26(10-12-27)8-7-24-21(28)17-5-3-4-6-18(17)23;/h3-6,13-14H,7-12H2,1-2H3,(H,24,28);1H. The monoisotopic (exact) mass is 556 g/mol. The van der Waals surface area contributed by atoms with Gasteiger partial charge in [-0.2, -0.15) is 0 Å². The summed E-state index contributed by atoms with van der Waals surface area (Å²) in [4.78, 5) is 22.0. The number of hydrogen-bond donors (Lipinski definition) is 1. The van der Waals surface area contributed by atoms with Crippen molar-refractivity contribution in [2.75, 3.05) is 44.2 Å². The molecule has 8 heteroatoms. The Morgan fingerprint density at radius 1 is 1.17 bits per heavy atom. The molecule has 1 saturated heterocycles. The summed E-state index contributed by atoms with van der Waals surface area (Å²) >= 11 is 4.00. The van der Waals surface area contributed by atoms with E-state index in [9.17, 15) is 4.79 Å². The molecule has 1 aliphatic heterocycles. The molecule has 0 atom stereocenters. The van der Waals surface area contributed by atoms with Gasteiger partial charge >= 0.3 is 0 Å². The average Bonchev–Trinajstić information content (AvgIpc) is 3.13. The molecule has 0 bridgehead atoms. The summed E-state index contributed by atoms with van der Waals surface area (Å²) in [7, 11) is 0. The lowest BCUT2D eigenvalue weighted by Crippen LogP contribution is -2.48. The molecule has 1 aliphatic rings. The fraction of sp³-hybridized carbons (Fsp3) is 0.364. The second-order valence-electron chi connectivity index (χ2n) is 7.49. The fourth-order valence-corrected chi connectivity index (χ4v) is 5.43. The number of carbonyl (C=O) groups excluding carboxylic acids is 1. The number of halogens is 2. The molecule has 0 unspecified atom stereocenters. The van der Waals surface area contributed by atoms with Crippen molar-refractivity contribution in [3.8, 4) is 0 Å². The van der Waals surface area contributed by atoms with E-state index < -0.39 is 0 Å². The minimum atomic E-state index is 0. The number of piperazine rings is 1. The van der Waals surface area contributed by atoms with Crippen LogP contribution in [0.4, 0.5) is 5.13 Å². The molecule has 5 nitrogen and oxygen atoms in total. The maximum absolute atomic E-state index is 12.3. The molecule has 2 aromatic carbocycles. The number of aromatic nitrogens is 1. The third kappa shape index (κ3) is 5.25. The second-order valence-corrected chi connectivity index (χ2v) is 9.63. The van der Waals surface area contributed by atoms with Gasteiger partial charge in [0.25, 0.3) is 5.91 Å². The zero-order chi connectivity index (χ0) is 20.4. The summed E-state index contributed by atoms with van der Waals surface area (Å²) in [5.41, 5.74) is 4.44. The van der Waals surface area contributed by atoms with Gasteiger partial charge in [-0.25, -0.2) is 4.98 Å². The van der Waals surface area contributed by atoms with Gasteiger partial charge in [-0.05, 0) is 65.8 Å². The summed E-state index contributed by atoms with van der Waals surface area (Å²) in [6.07, 6.45) is 0. The highest BCUT2D eigenvalue weighted by Crippen LogP contribution is 2.32. The van der Waals surface area contributed by atoms with Crippen molar-refractivity contribution in [1.29, 1.82) is 0 Å². The molecule has 1 fully saturated rings. The van der Waals surface area contributed by atoms with Crippen molar-refractivity contribution >= 4 is 67.6 Å². The molecule has 30 heavy (non-hydrogen) atoms. The quantitative estimate of drug-likeness (QED) is 0.471. The van der Waals surface area contributed by atoms with Crippen LogP contribution >= 0.6 is 46.3 Å². The molecular formula is C22H26ClIN4OS. The van der Waals surface area contributed by atoms with Gasteiger partial charge in [-0.15, -0.1) is 12.4 Å². The Morgan fingerprint density at radius 2 is 1.90 bits per heavy atom. The number of amides is 1. The molecule has 1 aromatic heterocycles. The largest absolute Gasteiger partial charge is 0.351 e. The first-order valence-electron chi connectivity index (χ1n) is 9.89. The molecule has 0 spiro atoms. The minimum absolute atomic E-state index is 0. The first-order chi connectivity index (χ1) is 14.0. The fourth-order valence-electron chi connectivity index (χ4n) is 3.73. The Hall–Kier alpha value is -1.42. The van der Waals surface area contributed by atoms with Crippen molar-refractivity contribution in [3.05, 3.63) is 56.7 Å². The Morgan fingerprint density at radius 3 is 2.63 bits per heavy atom. The lowest BCUT2D eigenvalue weighted by Gasteiger charge is -2.34. The zero-order valence-corrected chi connectivity index (χ0v) is 20.9. The highest BCUT2D eigenvalue weighted by atomic mass is 127. The summed E-state index contributed by atoms with van der Waals surface area (Å²) in [6.45, 7) is 9.77. The van der Waals surface area contributed by atoms with Crippen LogP contribution in [0.1, 0.15) is 21.5 Å². The topological polar surface area (TPSA) is 48.5 Å². The van der Waals surface area contributed by atoms with Crippen LogP contribution in [0.3, 0.4) is 0 Å². The van der Waals surface area contributed by atoms with E-state index in [1.807, 2.05) is 24.3 Å². The van der Waals surface area contributed by atoms with E-state index in [0.717, 1.165) is 52.5 Å². The van der Waals surface area contributed by atoms with Gasteiger partial charge in [0.2, 0.25) is 0 Å². The summed E-state index contributed by atoms with van der Waals surface area (Å²) in [5, 5.41) is 4.18. The third-order valence-electron chi connectivity index (χ3n) is 5.28. The van der Waals surface area contributed by atoms with Crippen molar-refractivity contribution in [2.24, 2.45) is 0 Å². The van der Waals surface area contributed by atoms with Crippen molar-refractivity contribution in [2.45, 2.75) is 13.8 Å². The molecule has 1 amide bonds. The van der Waals surface area contributed by atoms with Gasteiger partial charge in [0, 0.05) is 42.8 Å². The van der Waals surface area contributed by atoms with Crippen molar-refractivity contribution < 1.29 is 4.79 Å². The predicted molar refractivity (Wildman–Crippen MR) is 136 cm³/mol. The summed E-state index contributed by atoms with van der Waals surface area (Å²) < 4.78 is 2.28. The Kier molecular flexibility index (Phi) is 7.95. The van der Waals surface area contributed by atoms with Crippen LogP contribution in [-0.4, -0.2) is 55.1 Å². The first kappa shape index (κ1) is 23.2. The molecule has 0 saturated carbocycles. The predicted octanol–water partition coefficient (Wildman–Crippen LogP) is 4.49. The maximum atomic E-state index is 12.3. The molecule has 1 N–H and O–H groups in total. The number of carbonyl (C=O) groups is 1. The van der Waals surface area contributed by atoms with E-state index >= 15 is 0 Å². The van der Waals surface area contributed by atoms with Gasteiger partial charge in [-0.3, -0.25) is 9.69 Å². The molecule has 160 valence electrons. The van der Waals surface area contributed by atoms with Gasteiger partial charge in [0.15, 0.2) is 5.13 Å². The van der Waals surface area contributed by atoms with E-state index in [0.29, 0.717) is 6.54 Å². The molecule has 0 aliphatic carbocycles. The summed E-state index contributed by atoms with van der Waals surface area (Å²) in [6, 6.07) is 12.1. The van der Waals surface area contributed by atoms with Crippen LogP contribution in [0.25, 0.3) is 10.2 Å². The van der Waals surface area contributed by atoms with Crippen LogP contribution in [0.2, 0.25) is 0 Å². The highest BCUT2D eigenvalue weighted by molar-refractivity contribution is 14.1. The number of anilines is 1. The van der Waals surface area contributed by atoms with Crippen molar-refractivity contribution in [1.82, 2.24) is 15.2 Å². The van der Waals surface area contributed by atoms with E-state index in [2.05, 4.69) is 63.7 Å². The number of nitrogens with one attached hydrogen (secondary N) is 1. The number of hydrogen-bond acceptors (Lipinski definition) is 5. The van der Waals surface area contributed by atoms with Gasteiger partial charge < -0.3 is 10.2 Å². The third-order valence-corrected chi connectivity index (χ3v) is 7.49. The molecule has 4 rings (SSSR count). The number of rotatable bonds is 5. The average molecular weight is 557 g/mol. The van der Waals surface area contributed by atoms with Crippen LogP contribution in [-0.2, 0) is 0 Å². The van der Waals surface area contributed by atoms with Gasteiger partial charge in [0.1, 0.15) is 0 Å². The SMILES string of the molecule is Cc1cc(C)c2sc(N3CCN(CCNC(=O)c4ccccc4I)CC3)nc2c1.Cl. The molecule has 2 heterocycles. The van der Waals surface area contributed by atoms with Crippen LogP contribution in [0, 0.1) is 17.4 Å². The number of benzene rings is 2. The van der Waals surface area contributed by atoms with E-state index in [1.54, 1.807) is 11.3 Å². The zero-order valence-electron chi connectivity index (χ0n) is 17.2. The van der Waals surface area contributed by atoms with Gasteiger partial charge in [-0.1, -0.05) is 29.5 Å². The molecule has 3 aromatic rings. The minimum Gasteiger partial charge on any atom is -0.351 e. The van der Waals surface area contributed by atoms with E-state index in [1.165, 1.54) is 15.8 Å². The molecular weight excluding hydrogens is 531 g/mol. The second kappa shape index (κ2) is 10.3. The Labute approximate surface area is 201 Å². The first-order valence-corrected chi connectivity index (χ1v) is 11.8. The Bertz CT molecular complexity index is 1030. The summed E-state index contributed by atoms with van der Waals surface area (Å²) in [5.74, 6) is 0.00812.